The molecule has 1 N–H and O–H groups in total. The average Bonchev–Trinajstić information content (AvgIpc) is 2.98. The van der Waals surface area contributed by atoms with E-state index in [1.54, 1.807) is 6.20 Å². The van der Waals surface area contributed by atoms with Crippen LogP contribution in [-0.4, -0.2) is 21.7 Å². The van der Waals surface area contributed by atoms with Crippen LogP contribution < -0.4 is 5.32 Å². The normalized spacial score (nSPS) is 10.5. The van der Waals surface area contributed by atoms with E-state index in [0.29, 0.717) is 18.4 Å². The third kappa shape index (κ3) is 3.45. The summed E-state index contributed by atoms with van der Waals surface area (Å²) in [5.41, 5.74) is 3.18. The van der Waals surface area contributed by atoms with Crippen LogP contribution in [-0.2, 0) is 6.42 Å². The lowest BCUT2D eigenvalue weighted by Gasteiger charge is -2.00. The fourth-order valence-electron chi connectivity index (χ4n) is 1.96. The van der Waals surface area contributed by atoms with Crippen molar-refractivity contribution < 1.29 is 4.52 Å². The Balaban J connectivity index is 1.59. The van der Waals surface area contributed by atoms with Crippen LogP contribution in [0.15, 0.2) is 53.2 Å². The second-order valence-corrected chi connectivity index (χ2v) is 4.79. The zero-order valence-electron chi connectivity index (χ0n) is 11.8. The summed E-state index contributed by atoms with van der Waals surface area (Å²) in [6.45, 7) is 2.75. The minimum Gasteiger partial charge on any atom is -0.337 e. The van der Waals surface area contributed by atoms with Gasteiger partial charge in [-0.25, -0.2) is 0 Å². The summed E-state index contributed by atoms with van der Waals surface area (Å²) in [5, 5.41) is 7.09. The standard InChI is InChI=1S/C16H16N4O/c1-12-5-7-13(8-6-12)15-19-16(21-20-15)18-11-9-14-4-2-3-10-17-14/h2-8,10H,9,11H2,1H3,(H,18,19,20). The van der Waals surface area contributed by atoms with Crippen molar-refractivity contribution in [1.29, 1.82) is 0 Å². The van der Waals surface area contributed by atoms with Gasteiger partial charge in [-0.05, 0) is 19.1 Å². The molecule has 1 aromatic carbocycles. The van der Waals surface area contributed by atoms with Crippen LogP contribution in [0, 0.1) is 6.92 Å². The van der Waals surface area contributed by atoms with E-state index in [1.165, 1.54) is 5.56 Å². The first-order chi connectivity index (χ1) is 10.3. The van der Waals surface area contributed by atoms with E-state index in [2.05, 4.69) is 20.4 Å². The average molecular weight is 280 g/mol. The highest BCUT2D eigenvalue weighted by atomic mass is 16.5. The summed E-state index contributed by atoms with van der Waals surface area (Å²) in [6.07, 6.45) is 2.60. The van der Waals surface area contributed by atoms with Gasteiger partial charge in [0, 0.05) is 30.4 Å². The van der Waals surface area contributed by atoms with E-state index in [9.17, 15) is 0 Å². The molecule has 0 radical (unpaired) electrons. The Morgan fingerprint density at radius 3 is 2.71 bits per heavy atom. The molecule has 5 heteroatoms. The van der Waals surface area contributed by atoms with Gasteiger partial charge in [0.1, 0.15) is 0 Å². The number of hydrogen-bond donors (Lipinski definition) is 1. The lowest BCUT2D eigenvalue weighted by molar-refractivity contribution is 0.432. The van der Waals surface area contributed by atoms with Gasteiger partial charge in [0.15, 0.2) is 0 Å². The minimum atomic E-state index is 0.432. The van der Waals surface area contributed by atoms with Crippen LogP contribution in [0.2, 0.25) is 0 Å². The van der Waals surface area contributed by atoms with E-state index in [0.717, 1.165) is 17.7 Å². The van der Waals surface area contributed by atoms with Crippen LogP contribution in [0.5, 0.6) is 0 Å². The summed E-state index contributed by atoms with van der Waals surface area (Å²) in [6, 6.07) is 14.3. The lowest BCUT2D eigenvalue weighted by Crippen LogP contribution is -2.05. The van der Waals surface area contributed by atoms with Crippen LogP contribution in [0.4, 0.5) is 6.01 Å². The number of anilines is 1. The molecular formula is C16H16N4O. The molecule has 106 valence electrons. The molecule has 0 aliphatic rings. The second kappa shape index (κ2) is 6.17. The fraction of sp³-hybridized carbons (Fsp3) is 0.188. The molecule has 21 heavy (non-hydrogen) atoms. The Kier molecular flexibility index (Phi) is 3.91. The van der Waals surface area contributed by atoms with Crippen LogP contribution in [0.3, 0.4) is 0 Å². The SMILES string of the molecule is Cc1ccc(-c2noc(NCCc3ccccn3)n2)cc1. The zero-order chi connectivity index (χ0) is 14.5. The smallest absolute Gasteiger partial charge is 0.321 e. The molecule has 0 saturated heterocycles. The van der Waals surface area contributed by atoms with Crippen molar-refractivity contribution in [2.45, 2.75) is 13.3 Å². The molecule has 0 aliphatic heterocycles. The third-order valence-electron chi connectivity index (χ3n) is 3.12. The van der Waals surface area contributed by atoms with Crippen molar-refractivity contribution in [3.8, 4) is 11.4 Å². The first-order valence-electron chi connectivity index (χ1n) is 6.86. The monoisotopic (exact) mass is 280 g/mol. The van der Waals surface area contributed by atoms with E-state index >= 15 is 0 Å². The van der Waals surface area contributed by atoms with Crippen molar-refractivity contribution in [3.05, 3.63) is 59.9 Å². The molecule has 0 spiro atoms. The minimum absolute atomic E-state index is 0.432. The largest absolute Gasteiger partial charge is 0.337 e. The van der Waals surface area contributed by atoms with Gasteiger partial charge in [0.25, 0.3) is 0 Å². The predicted molar refractivity (Wildman–Crippen MR) is 80.9 cm³/mol. The number of aryl methyl sites for hydroxylation is 1. The van der Waals surface area contributed by atoms with Crippen LogP contribution >= 0.6 is 0 Å². The highest BCUT2D eigenvalue weighted by Gasteiger charge is 2.07. The first-order valence-corrected chi connectivity index (χ1v) is 6.86. The molecule has 0 atom stereocenters. The van der Waals surface area contributed by atoms with Crippen molar-refractivity contribution >= 4 is 6.01 Å². The summed E-state index contributed by atoms with van der Waals surface area (Å²) in [5.74, 6) is 0.593. The summed E-state index contributed by atoms with van der Waals surface area (Å²) in [4.78, 5) is 8.60. The second-order valence-electron chi connectivity index (χ2n) is 4.79. The van der Waals surface area contributed by atoms with Gasteiger partial charge in [-0.3, -0.25) is 4.98 Å². The molecule has 2 aromatic heterocycles. The van der Waals surface area contributed by atoms with Crippen LogP contribution in [0.25, 0.3) is 11.4 Å². The predicted octanol–water partition coefficient (Wildman–Crippen LogP) is 3.09. The van der Waals surface area contributed by atoms with Gasteiger partial charge in [0.05, 0.1) is 0 Å². The molecule has 3 rings (SSSR count). The zero-order valence-corrected chi connectivity index (χ0v) is 11.8. The molecule has 3 aromatic rings. The maximum atomic E-state index is 5.19. The van der Waals surface area contributed by atoms with E-state index in [-0.39, 0.29) is 0 Å². The number of pyridine rings is 1. The summed E-state index contributed by atoms with van der Waals surface area (Å²) in [7, 11) is 0. The van der Waals surface area contributed by atoms with Crippen molar-refractivity contribution in [2.24, 2.45) is 0 Å². The molecule has 5 nitrogen and oxygen atoms in total. The Labute approximate surface area is 123 Å². The molecule has 0 saturated carbocycles. The fourth-order valence-corrected chi connectivity index (χ4v) is 1.96. The molecule has 2 heterocycles. The van der Waals surface area contributed by atoms with E-state index in [4.69, 9.17) is 4.52 Å². The summed E-state index contributed by atoms with van der Waals surface area (Å²) < 4.78 is 5.19. The van der Waals surface area contributed by atoms with Crippen molar-refractivity contribution in [1.82, 2.24) is 15.1 Å². The Hall–Kier alpha value is -2.69. The van der Waals surface area contributed by atoms with E-state index < -0.39 is 0 Å². The van der Waals surface area contributed by atoms with E-state index in [1.807, 2.05) is 49.4 Å². The van der Waals surface area contributed by atoms with Gasteiger partial charge < -0.3 is 9.84 Å². The highest BCUT2D eigenvalue weighted by Crippen LogP contribution is 2.17. The third-order valence-corrected chi connectivity index (χ3v) is 3.12. The summed E-state index contributed by atoms with van der Waals surface area (Å²) >= 11 is 0. The number of nitrogens with zero attached hydrogens (tertiary/aromatic N) is 3. The van der Waals surface area contributed by atoms with Crippen molar-refractivity contribution in [2.75, 3.05) is 11.9 Å². The topological polar surface area (TPSA) is 63.8 Å². The quantitative estimate of drug-likeness (QED) is 0.778. The van der Waals surface area contributed by atoms with Gasteiger partial charge in [-0.1, -0.05) is 41.1 Å². The number of benzene rings is 1. The molecule has 0 fully saturated rings. The van der Waals surface area contributed by atoms with Gasteiger partial charge in [-0.2, -0.15) is 4.98 Å². The number of aromatic nitrogens is 3. The Morgan fingerprint density at radius 1 is 1.10 bits per heavy atom. The van der Waals surface area contributed by atoms with Gasteiger partial charge in [0.2, 0.25) is 5.82 Å². The van der Waals surface area contributed by atoms with Crippen molar-refractivity contribution in [3.63, 3.8) is 0 Å². The highest BCUT2D eigenvalue weighted by molar-refractivity contribution is 5.55. The molecule has 0 unspecified atom stereocenters. The Morgan fingerprint density at radius 2 is 1.95 bits per heavy atom. The number of hydrogen-bond acceptors (Lipinski definition) is 5. The van der Waals surface area contributed by atoms with Gasteiger partial charge >= 0.3 is 6.01 Å². The molecule has 0 aliphatic carbocycles. The van der Waals surface area contributed by atoms with Crippen LogP contribution in [0.1, 0.15) is 11.3 Å². The maximum Gasteiger partial charge on any atom is 0.321 e. The molecule has 0 bridgehead atoms. The molecular weight excluding hydrogens is 264 g/mol. The number of rotatable bonds is 5. The Bertz CT molecular complexity index is 692. The number of nitrogens with one attached hydrogen (secondary N) is 1. The maximum absolute atomic E-state index is 5.19. The first kappa shape index (κ1) is 13.3. The molecule has 0 amide bonds. The lowest BCUT2D eigenvalue weighted by atomic mass is 10.1. The van der Waals surface area contributed by atoms with Gasteiger partial charge in [-0.15, -0.1) is 0 Å².